The Hall–Kier alpha value is -1.50. The van der Waals surface area contributed by atoms with Gasteiger partial charge in [0.05, 0.1) is 0 Å². The van der Waals surface area contributed by atoms with Crippen molar-refractivity contribution < 1.29 is 0 Å². The first kappa shape index (κ1) is 21.5. The van der Waals surface area contributed by atoms with Crippen molar-refractivity contribution in [3.63, 3.8) is 0 Å². The summed E-state index contributed by atoms with van der Waals surface area (Å²) in [7, 11) is 0. The van der Waals surface area contributed by atoms with E-state index in [1.165, 1.54) is 36.8 Å². The molecule has 0 spiro atoms. The molecule has 1 heterocycles. The molecule has 1 saturated heterocycles. The van der Waals surface area contributed by atoms with Crippen molar-refractivity contribution in [1.29, 1.82) is 0 Å². The molecule has 25 heavy (non-hydrogen) atoms. The lowest BCUT2D eigenvalue weighted by Crippen LogP contribution is -2.49. The molecule has 0 aliphatic carbocycles. The van der Waals surface area contributed by atoms with Gasteiger partial charge in [0.2, 0.25) is 0 Å². The molecule has 0 bridgehead atoms. The lowest BCUT2D eigenvalue weighted by Gasteiger charge is -2.41. The Labute approximate surface area is 156 Å². The number of rotatable bonds is 9. The SMILES string of the molecule is C=C=C(C)C(/C=C(/C)C(=C)N1CCN(C(CCC)CCC)CC1)=C/C. The highest BCUT2D eigenvalue weighted by atomic mass is 15.3. The van der Waals surface area contributed by atoms with Crippen LogP contribution in [-0.4, -0.2) is 42.0 Å². The van der Waals surface area contributed by atoms with Crippen LogP contribution in [0.15, 0.2) is 53.5 Å². The van der Waals surface area contributed by atoms with E-state index < -0.39 is 0 Å². The maximum atomic E-state index is 4.36. The minimum absolute atomic E-state index is 0.761. The van der Waals surface area contributed by atoms with Crippen molar-refractivity contribution in [3.8, 4) is 0 Å². The van der Waals surface area contributed by atoms with E-state index in [4.69, 9.17) is 0 Å². The summed E-state index contributed by atoms with van der Waals surface area (Å²) in [6.45, 7) is 23.4. The van der Waals surface area contributed by atoms with Gasteiger partial charge in [-0.1, -0.05) is 45.9 Å². The lowest BCUT2D eigenvalue weighted by molar-refractivity contribution is 0.106. The molecule has 0 amide bonds. The fourth-order valence-corrected chi connectivity index (χ4v) is 3.61. The third kappa shape index (κ3) is 6.38. The molecule has 1 aliphatic heterocycles. The second kappa shape index (κ2) is 11.2. The van der Waals surface area contributed by atoms with Crippen LogP contribution in [-0.2, 0) is 0 Å². The maximum absolute atomic E-state index is 4.36. The topological polar surface area (TPSA) is 6.48 Å². The summed E-state index contributed by atoms with van der Waals surface area (Å²) in [5.74, 6) is 0. The fraction of sp³-hybridized carbons (Fsp3) is 0.609. The maximum Gasteiger partial charge on any atom is 0.0323 e. The first-order valence-electron chi connectivity index (χ1n) is 9.88. The van der Waals surface area contributed by atoms with Crippen molar-refractivity contribution in [2.75, 3.05) is 26.2 Å². The van der Waals surface area contributed by atoms with Crippen molar-refractivity contribution in [2.45, 2.75) is 66.3 Å². The van der Waals surface area contributed by atoms with E-state index in [0.29, 0.717) is 0 Å². The summed E-state index contributed by atoms with van der Waals surface area (Å²) < 4.78 is 0. The largest absolute Gasteiger partial charge is 0.369 e. The Balaban J connectivity index is 2.70. The highest BCUT2D eigenvalue weighted by Gasteiger charge is 2.23. The molecule has 1 aliphatic rings. The number of hydrogen-bond acceptors (Lipinski definition) is 2. The number of hydrogen-bond donors (Lipinski definition) is 0. The van der Waals surface area contributed by atoms with Gasteiger partial charge in [-0.15, -0.1) is 5.73 Å². The van der Waals surface area contributed by atoms with E-state index in [9.17, 15) is 0 Å². The van der Waals surface area contributed by atoms with Gasteiger partial charge in [0.15, 0.2) is 0 Å². The zero-order valence-electron chi connectivity index (χ0n) is 17.2. The van der Waals surface area contributed by atoms with Crippen LogP contribution < -0.4 is 0 Å². The molecule has 2 nitrogen and oxygen atoms in total. The lowest BCUT2D eigenvalue weighted by atomic mass is 10.0. The zero-order valence-corrected chi connectivity index (χ0v) is 17.2. The molecule has 1 fully saturated rings. The highest BCUT2D eigenvalue weighted by molar-refractivity contribution is 5.43. The van der Waals surface area contributed by atoms with Gasteiger partial charge in [-0.05, 0) is 56.4 Å². The van der Waals surface area contributed by atoms with E-state index in [1.54, 1.807) is 0 Å². The van der Waals surface area contributed by atoms with Crippen LogP contribution >= 0.6 is 0 Å². The average Bonchev–Trinajstić information content (AvgIpc) is 2.64. The van der Waals surface area contributed by atoms with Gasteiger partial charge in [0, 0.05) is 37.9 Å². The predicted molar refractivity (Wildman–Crippen MR) is 112 cm³/mol. The van der Waals surface area contributed by atoms with Crippen molar-refractivity contribution in [3.05, 3.63) is 53.5 Å². The quantitative estimate of drug-likeness (QED) is 0.391. The van der Waals surface area contributed by atoms with E-state index in [0.717, 1.165) is 43.5 Å². The molecule has 1 rings (SSSR count). The normalized spacial score (nSPS) is 17.0. The molecular formula is C23H38N2. The number of piperazine rings is 1. The van der Waals surface area contributed by atoms with Crippen molar-refractivity contribution in [2.24, 2.45) is 0 Å². The zero-order chi connectivity index (χ0) is 18.8. The molecule has 0 aromatic carbocycles. The van der Waals surface area contributed by atoms with Crippen LogP contribution in [0.5, 0.6) is 0 Å². The van der Waals surface area contributed by atoms with Gasteiger partial charge < -0.3 is 4.90 Å². The number of nitrogens with zero attached hydrogens (tertiary/aromatic N) is 2. The summed E-state index contributed by atoms with van der Waals surface area (Å²) in [6.07, 6.45) is 9.53. The fourth-order valence-electron chi connectivity index (χ4n) is 3.61. The van der Waals surface area contributed by atoms with E-state index >= 15 is 0 Å². The van der Waals surface area contributed by atoms with E-state index in [1.807, 2.05) is 0 Å². The predicted octanol–water partition coefficient (Wildman–Crippen LogP) is 5.71. The Bertz CT molecular complexity index is 532. The number of allylic oxidation sites excluding steroid dienone is 5. The van der Waals surface area contributed by atoms with E-state index in [2.05, 4.69) is 75.5 Å². The van der Waals surface area contributed by atoms with E-state index in [-0.39, 0.29) is 0 Å². The second-order valence-corrected chi connectivity index (χ2v) is 7.07. The van der Waals surface area contributed by atoms with Gasteiger partial charge in [0.25, 0.3) is 0 Å². The van der Waals surface area contributed by atoms with Gasteiger partial charge in [0.1, 0.15) is 0 Å². The van der Waals surface area contributed by atoms with Crippen LogP contribution in [0, 0.1) is 0 Å². The molecule has 0 radical (unpaired) electrons. The molecule has 0 aromatic heterocycles. The Morgan fingerprint density at radius 3 is 2.08 bits per heavy atom. The van der Waals surface area contributed by atoms with Crippen LogP contribution in [0.25, 0.3) is 0 Å². The molecule has 2 heteroatoms. The van der Waals surface area contributed by atoms with Crippen molar-refractivity contribution >= 4 is 0 Å². The third-order valence-electron chi connectivity index (χ3n) is 5.29. The summed E-state index contributed by atoms with van der Waals surface area (Å²) in [5, 5.41) is 0. The Kier molecular flexibility index (Phi) is 9.63. The molecule has 0 unspecified atom stereocenters. The minimum Gasteiger partial charge on any atom is -0.369 e. The van der Waals surface area contributed by atoms with Gasteiger partial charge in [-0.3, -0.25) is 4.90 Å². The first-order valence-corrected chi connectivity index (χ1v) is 9.88. The average molecular weight is 343 g/mol. The van der Waals surface area contributed by atoms with Crippen LogP contribution in [0.1, 0.15) is 60.3 Å². The van der Waals surface area contributed by atoms with Crippen LogP contribution in [0.2, 0.25) is 0 Å². The third-order valence-corrected chi connectivity index (χ3v) is 5.29. The van der Waals surface area contributed by atoms with Crippen molar-refractivity contribution in [1.82, 2.24) is 9.80 Å². The Morgan fingerprint density at radius 1 is 1.08 bits per heavy atom. The summed E-state index contributed by atoms with van der Waals surface area (Å²) in [6, 6.07) is 0.761. The van der Waals surface area contributed by atoms with Crippen LogP contribution in [0.4, 0.5) is 0 Å². The standard InChI is InChI=1S/C23H38N2/c1-8-12-23(13-9-2)25-16-14-24(15-17-25)21(7)20(6)18-22(11-4)19(5)10-3/h11,18,23H,3,7-9,12-17H2,1-2,4-6H3/b20-18-,22-11+. The minimum atomic E-state index is 0.761. The van der Waals surface area contributed by atoms with Gasteiger partial charge >= 0.3 is 0 Å². The molecule has 0 aromatic rings. The summed E-state index contributed by atoms with van der Waals surface area (Å²) in [5.41, 5.74) is 7.63. The summed E-state index contributed by atoms with van der Waals surface area (Å²) in [4.78, 5) is 5.13. The first-order chi connectivity index (χ1) is 12.0. The summed E-state index contributed by atoms with van der Waals surface area (Å²) >= 11 is 0. The molecule has 0 N–H and O–H groups in total. The highest BCUT2D eigenvalue weighted by Crippen LogP contribution is 2.22. The van der Waals surface area contributed by atoms with Gasteiger partial charge in [-0.2, -0.15) is 0 Å². The Morgan fingerprint density at radius 2 is 1.64 bits per heavy atom. The van der Waals surface area contributed by atoms with Crippen LogP contribution in [0.3, 0.4) is 0 Å². The monoisotopic (exact) mass is 342 g/mol. The smallest absolute Gasteiger partial charge is 0.0323 e. The molecule has 140 valence electrons. The molecule has 0 saturated carbocycles. The second-order valence-electron chi connectivity index (χ2n) is 7.07. The molecular weight excluding hydrogens is 304 g/mol. The molecule has 0 atom stereocenters. The van der Waals surface area contributed by atoms with Gasteiger partial charge in [-0.25, -0.2) is 0 Å².